The summed E-state index contributed by atoms with van der Waals surface area (Å²) in [5.41, 5.74) is 4.00. The zero-order valence-corrected chi connectivity index (χ0v) is 10.3. The molecule has 0 atom stereocenters. The van der Waals surface area contributed by atoms with Crippen LogP contribution in [0.5, 0.6) is 0 Å². The van der Waals surface area contributed by atoms with Crippen molar-refractivity contribution in [1.29, 1.82) is 0 Å². The quantitative estimate of drug-likeness (QED) is 0.577. The van der Waals surface area contributed by atoms with E-state index in [1.807, 2.05) is 6.08 Å². The minimum atomic E-state index is 1.01. The molecule has 0 unspecified atom stereocenters. The van der Waals surface area contributed by atoms with Crippen molar-refractivity contribution in [3.05, 3.63) is 60.2 Å². The van der Waals surface area contributed by atoms with E-state index in [2.05, 4.69) is 44.3 Å². The smallest absolute Gasteiger partial charge is 0.0238 e. The first kappa shape index (κ1) is 12.8. The van der Waals surface area contributed by atoms with E-state index < -0.39 is 0 Å². The summed E-state index contributed by atoms with van der Waals surface area (Å²) >= 11 is 0. The number of rotatable bonds is 7. The van der Waals surface area contributed by atoms with Gasteiger partial charge >= 0.3 is 0 Å². The highest BCUT2D eigenvalue weighted by Crippen LogP contribution is 2.12. The second-order valence-corrected chi connectivity index (χ2v) is 4.29. The zero-order chi connectivity index (χ0) is 11.8. The van der Waals surface area contributed by atoms with Crippen molar-refractivity contribution < 1.29 is 0 Å². The van der Waals surface area contributed by atoms with Gasteiger partial charge in [0, 0.05) is 0 Å². The summed E-state index contributed by atoms with van der Waals surface area (Å²) in [5.74, 6) is 0. The van der Waals surface area contributed by atoms with Crippen LogP contribution in [0.3, 0.4) is 0 Å². The van der Waals surface area contributed by atoms with E-state index in [0.29, 0.717) is 0 Å². The van der Waals surface area contributed by atoms with Gasteiger partial charge in [-0.05, 0) is 36.8 Å². The van der Waals surface area contributed by atoms with Crippen LogP contribution < -0.4 is 0 Å². The Morgan fingerprint density at radius 2 is 1.94 bits per heavy atom. The normalized spacial score (nSPS) is 10.1. The summed E-state index contributed by atoms with van der Waals surface area (Å²) in [7, 11) is 0. The Kier molecular flexibility index (Phi) is 5.63. The molecular formula is C16H22. The number of hydrogen-bond acceptors (Lipinski definition) is 0. The van der Waals surface area contributed by atoms with Gasteiger partial charge in [-0.2, -0.15) is 0 Å². The van der Waals surface area contributed by atoms with E-state index in [4.69, 9.17) is 0 Å². The van der Waals surface area contributed by atoms with Crippen LogP contribution in [0.25, 0.3) is 0 Å². The van der Waals surface area contributed by atoms with Gasteiger partial charge < -0.3 is 0 Å². The van der Waals surface area contributed by atoms with Gasteiger partial charge in [-0.15, -0.1) is 0 Å². The first-order valence-electron chi connectivity index (χ1n) is 6.14. The molecule has 16 heavy (non-hydrogen) atoms. The maximum absolute atomic E-state index is 3.94. The topological polar surface area (TPSA) is 0 Å². The van der Waals surface area contributed by atoms with Crippen LogP contribution >= 0.6 is 0 Å². The first-order valence-corrected chi connectivity index (χ1v) is 6.14. The standard InChI is InChI=1S/C16H22/c1-4-6-8-15-9-7-10-16(13-15)12-11-14(3)5-2/h5,7,9-10,13H,2-4,6,8,11-12H2,1H3. The van der Waals surface area contributed by atoms with E-state index >= 15 is 0 Å². The van der Waals surface area contributed by atoms with Crippen LogP contribution in [0.1, 0.15) is 37.3 Å². The summed E-state index contributed by atoms with van der Waals surface area (Å²) in [4.78, 5) is 0. The minimum Gasteiger partial charge on any atom is -0.0988 e. The fraction of sp³-hybridized carbons (Fsp3) is 0.375. The number of allylic oxidation sites excluding steroid dienone is 2. The molecule has 0 heteroatoms. The maximum atomic E-state index is 3.94. The SMILES string of the molecule is C=CC(=C)CCc1cccc(CCCC)c1. The lowest BCUT2D eigenvalue weighted by molar-refractivity contribution is 0.793. The lowest BCUT2D eigenvalue weighted by Gasteiger charge is -2.05. The summed E-state index contributed by atoms with van der Waals surface area (Å²) < 4.78 is 0. The molecule has 0 aliphatic heterocycles. The molecule has 0 aliphatic carbocycles. The van der Waals surface area contributed by atoms with Crippen LogP contribution in [0.4, 0.5) is 0 Å². The molecule has 0 saturated heterocycles. The highest BCUT2D eigenvalue weighted by molar-refractivity contribution is 5.25. The molecule has 0 spiro atoms. The molecule has 0 radical (unpaired) electrons. The van der Waals surface area contributed by atoms with Gasteiger partial charge in [0.2, 0.25) is 0 Å². The van der Waals surface area contributed by atoms with E-state index in [-0.39, 0.29) is 0 Å². The van der Waals surface area contributed by atoms with E-state index in [1.54, 1.807) is 0 Å². The van der Waals surface area contributed by atoms with Gasteiger partial charge in [-0.25, -0.2) is 0 Å². The first-order chi connectivity index (χ1) is 7.76. The van der Waals surface area contributed by atoms with Crippen molar-refractivity contribution in [2.24, 2.45) is 0 Å². The lowest BCUT2D eigenvalue weighted by atomic mass is 10.0. The van der Waals surface area contributed by atoms with Crippen LogP contribution in [0.15, 0.2) is 49.1 Å². The van der Waals surface area contributed by atoms with Gasteiger partial charge in [0.1, 0.15) is 0 Å². The van der Waals surface area contributed by atoms with E-state index in [0.717, 1.165) is 18.4 Å². The highest BCUT2D eigenvalue weighted by Gasteiger charge is 1.97. The van der Waals surface area contributed by atoms with Crippen molar-refractivity contribution in [2.45, 2.75) is 39.0 Å². The predicted octanol–water partition coefficient (Wildman–Crippen LogP) is 4.70. The van der Waals surface area contributed by atoms with Gasteiger partial charge in [0.25, 0.3) is 0 Å². The number of benzene rings is 1. The zero-order valence-electron chi connectivity index (χ0n) is 10.3. The molecule has 0 amide bonds. The Morgan fingerprint density at radius 1 is 1.25 bits per heavy atom. The van der Waals surface area contributed by atoms with Crippen molar-refractivity contribution in [3.63, 3.8) is 0 Å². The largest absolute Gasteiger partial charge is 0.0988 e. The van der Waals surface area contributed by atoms with Crippen LogP contribution in [-0.4, -0.2) is 0 Å². The molecule has 0 aliphatic rings. The monoisotopic (exact) mass is 214 g/mol. The van der Waals surface area contributed by atoms with Crippen LogP contribution in [0.2, 0.25) is 0 Å². The second-order valence-electron chi connectivity index (χ2n) is 4.29. The molecule has 0 saturated carbocycles. The summed E-state index contributed by atoms with van der Waals surface area (Å²) in [6, 6.07) is 8.91. The molecule has 1 rings (SSSR count). The Balaban J connectivity index is 2.53. The molecule has 0 fully saturated rings. The average Bonchev–Trinajstić information content (AvgIpc) is 2.34. The predicted molar refractivity (Wildman–Crippen MR) is 72.7 cm³/mol. The molecular weight excluding hydrogens is 192 g/mol. The average molecular weight is 214 g/mol. The minimum absolute atomic E-state index is 1.01. The van der Waals surface area contributed by atoms with E-state index in [9.17, 15) is 0 Å². The highest BCUT2D eigenvalue weighted by atomic mass is 14.0. The number of unbranched alkanes of at least 4 members (excludes halogenated alkanes) is 1. The number of hydrogen-bond donors (Lipinski definition) is 0. The van der Waals surface area contributed by atoms with Crippen molar-refractivity contribution in [2.75, 3.05) is 0 Å². The molecule has 1 aromatic carbocycles. The van der Waals surface area contributed by atoms with Crippen LogP contribution in [0, 0.1) is 0 Å². The molecule has 0 bridgehead atoms. The van der Waals surface area contributed by atoms with Crippen LogP contribution in [-0.2, 0) is 12.8 Å². The van der Waals surface area contributed by atoms with Gasteiger partial charge in [-0.1, -0.05) is 62.4 Å². The second kappa shape index (κ2) is 7.05. The summed E-state index contributed by atoms with van der Waals surface area (Å²) in [5, 5.41) is 0. The Bertz CT molecular complexity index is 347. The Hall–Kier alpha value is -1.30. The van der Waals surface area contributed by atoms with Gasteiger partial charge in [0.05, 0.1) is 0 Å². The molecule has 0 heterocycles. The van der Waals surface area contributed by atoms with Crippen molar-refractivity contribution in [1.82, 2.24) is 0 Å². The summed E-state index contributed by atoms with van der Waals surface area (Å²) in [6.07, 6.45) is 7.68. The van der Waals surface area contributed by atoms with Crippen molar-refractivity contribution in [3.8, 4) is 0 Å². The molecule has 0 aromatic heterocycles. The molecule has 0 N–H and O–H groups in total. The Labute approximate surface area is 99.7 Å². The van der Waals surface area contributed by atoms with Gasteiger partial charge in [0.15, 0.2) is 0 Å². The van der Waals surface area contributed by atoms with Crippen molar-refractivity contribution >= 4 is 0 Å². The third kappa shape index (κ3) is 4.48. The summed E-state index contributed by atoms with van der Waals surface area (Å²) in [6.45, 7) is 9.91. The maximum Gasteiger partial charge on any atom is -0.0238 e. The van der Waals surface area contributed by atoms with Gasteiger partial charge in [-0.3, -0.25) is 0 Å². The van der Waals surface area contributed by atoms with E-state index in [1.165, 1.54) is 30.4 Å². The lowest BCUT2D eigenvalue weighted by Crippen LogP contribution is -1.90. The molecule has 0 nitrogen and oxygen atoms in total. The third-order valence-corrected chi connectivity index (χ3v) is 2.83. The molecule has 1 aromatic rings. The molecule has 86 valence electrons. The fourth-order valence-electron chi connectivity index (χ4n) is 1.73. The fourth-order valence-corrected chi connectivity index (χ4v) is 1.73. The number of aryl methyl sites for hydroxylation is 2. The third-order valence-electron chi connectivity index (χ3n) is 2.83. The Morgan fingerprint density at radius 3 is 2.56 bits per heavy atom.